The molecule has 29 heavy (non-hydrogen) atoms. The smallest absolute Gasteiger partial charge is 0.227 e. The molecule has 1 atom stereocenters. The number of nitrogens with one attached hydrogen (secondary N) is 1. The number of nitrogens with zero attached hydrogens (tertiary/aromatic N) is 2. The molecule has 0 radical (unpaired) electrons. The summed E-state index contributed by atoms with van der Waals surface area (Å²) in [4.78, 5) is 29.2. The number of carbonyl (C=O) groups excluding carboxylic acids is 2. The Morgan fingerprint density at radius 1 is 1.14 bits per heavy atom. The number of aryl methyl sites for hydroxylation is 1. The minimum Gasteiger partial charge on any atom is -0.333 e. The van der Waals surface area contributed by atoms with Gasteiger partial charge < -0.3 is 15.1 Å². The first-order chi connectivity index (χ1) is 13.6. The molecule has 7 heteroatoms. The van der Waals surface area contributed by atoms with Crippen LogP contribution in [-0.4, -0.2) is 42.9 Å². The number of halogens is 2. The highest BCUT2D eigenvalue weighted by Gasteiger charge is 2.29. The van der Waals surface area contributed by atoms with Crippen molar-refractivity contribution >= 4 is 41.5 Å². The molecular weight excluding hydrogens is 409 g/mol. The van der Waals surface area contributed by atoms with Crippen LogP contribution in [0.2, 0.25) is 5.02 Å². The molecule has 1 fully saturated rings. The Hall–Kier alpha value is -2.08. The van der Waals surface area contributed by atoms with Gasteiger partial charge in [-0.25, -0.2) is 0 Å². The van der Waals surface area contributed by atoms with E-state index < -0.39 is 0 Å². The average Bonchev–Trinajstić information content (AvgIpc) is 2.73. The summed E-state index contributed by atoms with van der Waals surface area (Å²) in [5.74, 6) is 0.167. The third kappa shape index (κ3) is 4.74. The van der Waals surface area contributed by atoms with Crippen molar-refractivity contribution in [1.82, 2.24) is 10.2 Å². The van der Waals surface area contributed by atoms with Crippen molar-refractivity contribution < 1.29 is 9.59 Å². The van der Waals surface area contributed by atoms with Crippen molar-refractivity contribution in [3.8, 4) is 0 Å². The maximum atomic E-state index is 13.1. The fourth-order valence-electron chi connectivity index (χ4n) is 4.11. The van der Waals surface area contributed by atoms with Crippen LogP contribution in [-0.2, 0) is 16.0 Å². The number of para-hydroxylation sites is 1. The number of benzene rings is 2. The molecule has 2 aromatic rings. The summed E-state index contributed by atoms with van der Waals surface area (Å²) in [7, 11) is 0. The first kappa shape index (κ1) is 21.6. The van der Waals surface area contributed by atoms with Gasteiger partial charge in [0.05, 0.1) is 6.04 Å². The van der Waals surface area contributed by atoms with Gasteiger partial charge in [-0.15, -0.1) is 12.4 Å². The lowest BCUT2D eigenvalue weighted by Gasteiger charge is -2.37. The molecule has 2 aliphatic rings. The Bertz CT molecular complexity index is 890. The number of rotatable bonds is 4. The maximum Gasteiger partial charge on any atom is 0.227 e. The predicted molar refractivity (Wildman–Crippen MR) is 118 cm³/mol. The summed E-state index contributed by atoms with van der Waals surface area (Å²) in [5, 5.41) is 4.03. The summed E-state index contributed by atoms with van der Waals surface area (Å²) in [6.07, 6.45) is 1.59. The second-order valence-corrected chi connectivity index (χ2v) is 7.72. The van der Waals surface area contributed by atoms with Crippen molar-refractivity contribution in [2.24, 2.45) is 0 Å². The van der Waals surface area contributed by atoms with Crippen LogP contribution in [0.15, 0.2) is 48.5 Å². The van der Waals surface area contributed by atoms with Gasteiger partial charge in [0.25, 0.3) is 0 Å². The van der Waals surface area contributed by atoms with Crippen molar-refractivity contribution in [3.05, 3.63) is 64.7 Å². The second kappa shape index (κ2) is 9.61. The van der Waals surface area contributed by atoms with Crippen molar-refractivity contribution in [3.63, 3.8) is 0 Å². The molecular formula is C22H25Cl2N3O2. The predicted octanol–water partition coefficient (Wildman–Crippen LogP) is 3.60. The van der Waals surface area contributed by atoms with E-state index in [1.165, 1.54) is 5.56 Å². The minimum absolute atomic E-state index is 0. The molecule has 1 N–H and O–H groups in total. The summed E-state index contributed by atoms with van der Waals surface area (Å²) in [6, 6.07) is 15.6. The van der Waals surface area contributed by atoms with Crippen LogP contribution in [0, 0.1) is 0 Å². The van der Waals surface area contributed by atoms with Crippen LogP contribution < -0.4 is 10.2 Å². The van der Waals surface area contributed by atoms with Gasteiger partial charge in [0.1, 0.15) is 0 Å². The Balaban J connectivity index is 0.00000240. The van der Waals surface area contributed by atoms with E-state index in [0.717, 1.165) is 24.2 Å². The fraction of sp³-hybridized carbons (Fsp3) is 0.364. The van der Waals surface area contributed by atoms with E-state index in [1.54, 1.807) is 4.90 Å². The van der Waals surface area contributed by atoms with Crippen LogP contribution in [0.1, 0.15) is 30.0 Å². The summed E-state index contributed by atoms with van der Waals surface area (Å²) in [5.41, 5.74) is 3.15. The Morgan fingerprint density at radius 3 is 2.79 bits per heavy atom. The molecule has 154 valence electrons. The zero-order valence-electron chi connectivity index (χ0n) is 16.1. The van der Waals surface area contributed by atoms with E-state index in [9.17, 15) is 9.59 Å². The van der Waals surface area contributed by atoms with E-state index in [1.807, 2.05) is 47.4 Å². The normalized spacial score (nSPS) is 18.8. The molecule has 0 aliphatic carbocycles. The standard InChI is InChI=1S/C22H24ClN3O2.ClH/c23-18-6-3-5-17(14-18)20-15-24-11-13-26(20)22(28)10-12-25-19-7-2-1-4-16(19)8-9-21(25)27;/h1-7,14,20,24H,8-13,15H2;1H. The fourth-order valence-corrected chi connectivity index (χ4v) is 4.31. The molecule has 2 amide bonds. The number of amides is 2. The van der Waals surface area contributed by atoms with Crippen molar-refractivity contribution in [1.29, 1.82) is 0 Å². The number of fused-ring (bicyclic) bond motifs is 1. The Kier molecular flexibility index (Phi) is 7.17. The van der Waals surface area contributed by atoms with Gasteiger partial charge in [-0.3, -0.25) is 9.59 Å². The number of hydrogen-bond acceptors (Lipinski definition) is 3. The lowest BCUT2D eigenvalue weighted by molar-refractivity contribution is -0.134. The van der Waals surface area contributed by atoms with E-state index in [2.05, 4.69) is 11.4 Å². The van der Waals surface area contributed by atoms with E-state index >= 15 is 0 Å². The van der Waals surface area contributed by atoms with Crippen LogP contribution in [0.5, 0.6) is 0 Å². The zero-order chi connectivity index (χ0) is 19.5. The summed E-state index contributed by atoms with van der Waals surface area (Å²) >= 11 is 6.15. The van der Waals surface area contributed by atoms with Gasteiger partial charge in [0.15, 0.2) is 0 Å². The van der Waals surface area contributed by atoms with Crippen LogP contribution in [0.4, 0.5) is 5.69 Å². The molecule has 5 nitrogen and oxygen atoms in total. The molecule has 0 bridgehead atoms. The molecule has 2 aliphatic heterocycles. The molecule has 0 spiro atoms. The maximum absolute atomic E-state index is 13.1. The monoisotopic (exact) mass is 433 g/mol. The van der Waals surface area contributed by atoms with E-state index in [-0.39, 0.29) is 30.3 Å². The third-order valence-corrected chi connectivity index (χ3v) is 5.77. The van der Waals surface area contributed by atoms with Gasteiger partial charge in [-0.2, -0.15) is 0 Å². The molecule has 1 saturated heterocycles. The SMILES string of the molecule is Cl.O=C1CCc2ccccc2N1CCC(=O)N1CCNCC1c1cccc(Cl)c1. The number of piperazine rings is 1. The summed E-state index contributed by atoms with van der Waals surface area (Å²) < 4.78 is 0. The zero-order valence-corrected chi connectivity index (χ0v) is 17.7. The van der Waals surface area contributed by atoms with Crippen LogP contribution in [0.3, 0.4) is 0 Å². The van der Waals surface area contributed by atoms with Gasteiger partial charge in [-0.05, 0) is 35.7 Å². The number of anilines is 1. The quantitative estimate of drug-likeness (QED) is 0.800. The number of carbonyl (C=O) groups is 2. The van der Waals surface area contributed by atoms with Crippen LogP contribution >= 0.6 is 24.0 Å². The highest BCUT2D eigenvalue weighted by molar-refractivity contribution is 6.30. The second-order valence-electron chi connectivity index (χ2n) is 7.29. The van der Waals surface area contributed by atoms with Gasteiger partial charge in [0, 0.05) is 49.7 Å². The van der Waals surface area contributed by atoms with Gasteiger partial charge in [-0.1, -0.05) is 41.9 Å². The highest BCUT2D eigenvalue weighted by atomic mass is 35.5. The van der Waals surface area contributed by atoms with Crippen molar-refractivity contribution in [2.75, 3.05) is 31.1 Å². The van der Waals surface area contributed by atoms with E-state index in [4.69, 9.17) is 11.6 Å². The topological polar surface area (TPSA) is 52.7 Å². The van der Waals surface area contributed by atoms with E-state index in [0.29, 0.717) is 37.5 Å². The largest absolute Gasteiger partial charge is 0.333 e. The molecule has 0 saturated carbocycles. The molecule has 2 heterocycles. The highest BCUT2D eigenvalue weighted by Crippen LogP contribution is 2.29. The van der Waals surface area contributed by atoms with Gasteiger partial charge >= 0.3 is 0 Å². The molecule has 1 unspecified atom stereocenters. The first-order valence-electron chi connectivity index (χ1n) is 9.77. The Labute approximate surface area is 182 Å². The minimum atomic E-state index is -0.0377. The number of hydrogen-bond donors (Lipinski definition) is 1. The first-order valence-corrected chi connectivity index (χ1v) is 10.2. The third-order valence-electron chi connectivity index (χ3n) is 5.54. The molecule has 0 aromatic heterocycles. The lowest BCUT2D eigenvalue weighted by atomic mass is 10.0. The molecule has 4 rings (SSSR count). The summed E-state index contributed by atoms with van der Waals surface area (Å²) in [6.45, 7) is 2.55. The van der Waals surface area contributed by atoms with Crippen molar-refractivity contribution in [2.45, 2.75) is 25.3 Å². The van der Waals surface area contributed by atoms with Crippen LogP contribution in [0.25, 0.3) is 0 Å². The molecule has 2 aromatic carbocycles. The Morgan fingerprint density at radius 2 is 1.97 bits per heavy atom. The van der Waals surface area contributed by atoms with Gasteiger partial charge in [0.2, 0.25) is 11.8 Å². The lowest BCUT2D eigenvalue weighted by Crippen LogP contribution is -2.49. The average molecular weight is 434 g/mol.